The Bertz CT molecular complexity index is 517. The third-order valence-electron chi connectivity index (χ3n) is 3.06. The summed E-state index contributed by atoms with van der Waals surface area (Å²) in [6.07, 6.45) is -2.54. The normalized spacial score (nSPS) is 22.0. The van der Waals surface area contributed by atoms with E-state index < -0.39 is 54.3 Å². The second-order valence-electron chi connectivity index (χ2n) is 4.88. The monoisotopic (exact) mass is 332 g/mol. The van der Waals surface area contributed by atoms with E-state index >= 15 is 0 Å². The van der Waals surface area contributed by atoms with Crippen LogP contribution in [-0.2, 0) is 28.8 Å². The molecule has 0 spiro atoms. The van der Waals surface area contributed by atoms with E-state index in [9.17, 15) is 24.0 Å². The van der Waals surface area contributed by atoms with Gasteiger partial charge < -0.3 is 20.6 Å². The van der Waals surface area contributed by atoms with E-state index in [2.05, 4.69) is 5.32 Å². The molecule has 0 aliphatic carbocycles. The SMILES string of the molecule is CC(=O)N[C@@H](CC(=O)O)C(=O)N1O[C@@H](C(=O)O)CC[C@@H]1C(=O)O. The molecule has 1 heterocycles. The molecule has 0 aromatic heterocycles. The van der Waals surface area contributed by atoms with Gasteiger partial charge in [0, 0.05) is 6.92 Å². The number of carboxylic acid groups (broad SMARTS) is 3. The molecular weight excluding hydrogens is 316 g/mol. The van der Waals surface area contributed by atoms with Gasteiger partial charge in [0.15, 0.2) is 12.1 Å². The highest BCUT2D eigenvalue weighted by Gasteiger charge is 2.42. The Kier molecular flexibility index (Phi) is 6.02. The van der Waals surface area contributed by atoms with Crippen molar-refractivity contribution in [2.45, 2.75) is 44.4 Å². The summed E-state index contributed by atoms with van der Waals surface area (Å²) in [4.78, 5) is 61.2. The second kappa shape index (κ2) is 7.54. The predicted octanol–water partition coefficient (Wildman–Crippen LogP) is -1.57. The third-order valence-corrected chi connectivity index (χ3v) is 3.06. The fourth-order valence-electron chi connectivity index (χ4n) is 2.06. The van der Waals surface area contributed by atoms with Gasteiger partial charge in [-0.15, -0.1) is 0 Å². The molecule has 0 radical (unpaired) electrons. The standard InChI is InChI=1S/C12H16N2O9/c1-5(15)13-6(4-9(16)17)10(18)14-7(11(19)20)2-3-8(23-14)12(21)22/h6-8H,2-4H2,1H3,(H,13,15)(H,16,17)(H,19,20)(H,21,22)/t6-,7+,8+/m0/s1. The van der Waals surface area contributed by atoms with Gasteiger partial charge in [-0.05, 0) is 12.8 Å². The van der Waals surface area contributed by atoms with Crippen molar-refractivity contribution >= 4 is 29.7 Å². The van der Waals surface area contributed by atoms with Crippen molar-refractivity contribution in [1.82, 2.24) is 10.4 Å². The number of carbonyl (C=O) groups excluding carboxylic acids is 2. The van der Waals surface area contributed by atoms with E-state index in [1.807, 2.05) is 0 Å². The Morgan fingerprint density at radius 3 is 2.17 bits per heavy atom. The maximum absolute atomic E-state index is 12.3. The first-order valence-electron chi connectivity index (χ1n) is 6.57. The second-order valence-corrected chi connectivity index (χ2v) is 4.88. The van der Waals surface area contributed by atoms with Gasteiger partial charge in [-0.1, -0.05) is 0 Å². The van der Waals surface area contributed by atoms with E-state index in [4.69, 9.17) is 20.2 Å². The highest BCUT2D eigenvalue weighted by Crippen LogP contribution is 2.22. The molecule has 4 N–H and O–H groups in total. The number of amides is 2. The van der Waals surface area contributed by atoms with Gasteiger partial charge in [-0.25, -0.2) is 14.7 Å². The summed E-state index contributed by atoms with van der Waals surface area (Å²) >= 11 is 0. The van der Waals surface area contributed by atoms with Crippen molar-refractivity contribution in [2.75, 3.05) is 0 Å². The number of nitrogens with zero attached hydrogens (tertiary/aromatic N) is 1. The third kappa shape index (κ3) is 4.92. The fraction of sp³-hybridized carbons (Fsp3) is 0.583. The van der Waals surface area contributed by atoms with Crippen LogP contribution in [0.1, 0.15) is 26.2 Å². The highest BCUT2D eigenvalue weighted by atomic mass is 16.7. The first-order valence-corrected chi connectivity index (χ1v) is 6.57. The Balaban J connectivity index is 3.03. The van der Waals surface area contributed by atoms with E-state index in [1.54, 1.807) is 0 Å². The molecule has 1 saturated heterocycles. The molecule has 0 unspecified atom stereocenters. The van der Waals surface area contributed by atoms with Crippen LogP contribution < -0.4 is 5.32 Å². The van der Waals surface area contributed by atoms with Gasteiger partial charge in [-0.3, -0.25) is 19.2 Å². The average Bonchev–Trinajstić information content (AvgIpc) is 2.43. The Morgan fingerprint density at radius 1 is 1.13 bits per heavy atom. The number of rotatable bonds is 6. The maximum Gasteiger partial charge on any atom is 0.335 e. The lowest BCUT2D eigenvalue weighted by atomic mass is 10.0. The molecule has 2 amide bonds. The summed E-state index contributed by atoms with van der Waals surface area (Å²) in [5.74, 6) is -6.07. The molecule has 11 nitrogen and oxygen atoms in total. The first-order chi connectivity index (χ1) is 10.6. The summed E-state index contributed by atoms with van der Waals surface area (Å²) in [5, 5.41) is 29.2. The van der Waals surface area contributed by atoms with Gasteiger partial charge in [0.05, 0.1) is 6.42 Å². The minimum atomic E-state index is -1.57. The first kappa shape index (κ1) is 18.4. The molecule has 1 aliphatic heterocycles. The zero-order chi connectivity index (χ0) is 17.7. The Hall–Kier alpha value is -2.69. The molecule has 0 saturated carbocycles. The number of hydrogen-bond acceptors (Lipinski definition) is 6. The van der Waals surface area contributed by atoms with Gasteiger partial charge >= 0.3 is 17.9 Å². The zero-order valence-corrected chi connectivity index (χ0v) is 12.1. The minimum absolute atomic E-state index is 0.125. The molecule has 0 bridgehead atoms. The van der Waals surface area contributed by atoms with Crippen LogP contribution in [0, 0.1) is 0 Å². The van der Waals surface area contributed by atoms with Crippen LogP contribution >= 0.6 is 0 Å². The number of aliphatic carboxylic acids is 3. The zero-order valence-electron chi connectivity index (χ0n) is 12.1. The fourth-order valence-corrected chi connectivity index (χ4v) is 2.06. The number of nitrogens with one attached hydrogen (secondary N) is 1. The lowest BCUT2D eigenvalue weighted by Crippen LogP contribution is -2.58. The largest absolute Gasteiger partial charge is 0.481 e. The molecule has 1 fully saturated rings. The van der Waals surface area contributed by atoms with Gasteiger partial charge in [0.1, 0.15) is 6.04 Å². The number of hydrogen-bond donors (Lipinski definition) is 4. The van der Waals surface area contributed by atoms with Crippen LogP contribution in [0.5, 0.6) is 0 Å². The van der Waals surface area contributed by atoms with E-state index in [0.717, 1.165) is 6.92 Å². The Morgan fingerprint density at radius 2 is 1.74 bits per heavy atom. The van der Waals surface area contributed by atoms with Gasteiger partial charge in [-0.2, -0.15) is 0 Å². The van der Waals surface area contributed by atoms with Crippen LogP contribution in [-0.4, -0.2) is 68.3 Å². The van der Waals surface area contributed by atoms with Crippen molar-refractivity contribution in [1.29, 1.82) is 0 Å². The van der Waals surface area contributed by atoms with E-state index in [1.165, 1.54) is 0 Å². The summed E-state index contributed by atoms with van der Waals surface area (Å²) in [5.41, 5.74) is 0. The lowest BCUT2D eigenvalue weighted by molar-refractivity contribution is -0.246. The minimum Gasteiger partial charge on any atom is -0.481 e. The number of hydroxylamine groups is 2. The van der Waals surface area contributed by atoms with Crippen molar-refractivity contribution < 1.29 is 44.1 Å². The molecular formula is C12H16N2O9. The molecule has 1 rings (SSSR count). The molecule has 0 aromatic carbocycles. The van der Waals surface area contributed by atoms with Crippen LogP contribution in [0.25, 0.3) is 0 Å². The number of carboxylic acids is 3. The molecule has 23 heavy (non-hydrogen) atoms. The summed E-state index contributed by atoms with van der Waals surface area (Å²) in [6.45, 7) is 1.05. The van der Waals surface area contributed by atoms with Gasteiger partial charge in [0.2, 0.25) is 5.91 Å². The highest BCUT2D eigenvalue weighted by molar-refractivity contribution is 5.92. The summed E-state index contributed by atoms with van der Waals surface area (Å²) in [6, 6.07) is -3.04. The van der Waals surface area contributed by atoms with Crippen molar-refractivity contribution in [3.05, 3.63) is 0 Å². The lowest BCUT2D eigenvalue weighted by Gasteiger charge is -2.36. The van der Waals surface area contributed by atoms with Crippen LogP contribution in [0.3, 0.4) is 0 Å². The van der Waals surface area contributed by atoms with Crippen LogP contribution in [0.2, 0.25) is 0 Å². The summed E-state index contributed by atoms with van der Waals surface area (Å²) in [7, 11) is 0. The maximum atomic E-state index is 12.3. The Labute approximate surface area is 129 Å². The molecule has 3 atom stereocenters. The molecule has 11 heteroatoms. The number of carbonyl (C=O) groups is 5. The van der Waals surface area contributed by atoms with Crippen molar-refractivity contribution in [3.8, 4) is 0 Å². The van der Waals surface area contributed by atoms with E-state index in [0.29, 0.717) is 5.06 Å². The predicted molar refractivity (Wildman–Crippen MR) is 69.9 cm³/mol. The van der Waals surface area contributed by atoms with Crippen molar-refractivity contribution in [2.24, 2.45) is 0 Å². The smallest absolute Gasteiger partial charge is 0.335 e. The van der Waals surface area contributed by atoms with Crippen LogP contribution in [0.4, 0.5) is 0 Å². The topological polar surface area (TPSA) is 171 Å². The molecule has 1 aliphatic rings. The van der Waals surface area contributed by atoms with Gasteiger partial charge in [0.25, 0.3) is 5.91 Å². The molecule has 128 valence electrons. The molecule has 0 aromatic rings. The van der Waals surface area contributed by atoms with E-state index in [-0.39, 0.29) is 12.8 Å². The summed E-state index contributed by atoms with van der Waals surface area (Å²) < 4.78 is 0. The average molecular weight is 332 g/mol. The van der Waals surface area contributed by atoms with Crippen LogP contribution in [0.15, 0.2) is 0 Å². The quantitative estimate of drug-likeness (QED) is 0.448. The van der Waals surface area contributed by atoms with Crippen molar-refractivity contribution in [3.63, 3.8) is 0 Å².